The summed E-state index contributed by atoms with van der Waals surface area (Å²) in [6, 6.07) is 6.56. The van der Waals surface area contributed by atoms with Gasteiger partial charge in [-0.3, -0.25) is 4.79 Å². The van der Waals surface area contributed by atoms with E-state index in [1.54, 1.807) is 0 Å². The fourth-order valence-corrected chi connectivity index (χ4v) is 5.29. The van der Waals surface area contributed by atoms with Gasteiger partial charge < -0.3 is 20.8 Å². The van der Waals surface area contributed by atoms with Crippen LogP contribution in [0.5, 0.6) is 0 Å². The lowest BCUT2D eigenvalue weighted by Gasteiger charge is -2.53. The monoisotopic (exact) mass is 486 g/mol. The van der Waals surface area contributed by atoms with E-state index in [0.29, 0.717) is 37.6 Å². The summed E-state index contributed by atoms with van der Waals surface area (Å²) >= 11 is 0. The van der Waals surface area contributed by atoms with E-state index in [0.717, 1.165) is 31.2 Å². The van der Waals surface area contributed by atoms with Crippen molar-refractivity contribution in [2.75, 3.05) is 13.2 Å². The van der Waals surface area contributed by atoms with Gasteiger partial charge in [-0.25, -0.2) is 9.59 Å². The second-order valence-electron chi connectivity index (χ2n) is 10.1. The van der Waals surface area contributed by atoms with Crippen LogP contribution in [0, 0.1) is 11.3 Å². The largest absolute Gasteiger partial charge is 0.478 e. The second kappa shape index (κ2) is 12.1. The summed E-state index contributed by atoms with van der Waals surface area (Å²) in [5, 5.41) is 19.9. The minimum Gasteiger partial charge on any atom is -0.478 e. The second-order valence-corrected chi connectivity index (χ2v) is 10.1. The van der Waals surface area contributed by atoms with Crippen molar-refractivity contribution in [1.29, 1.82) is 0 Å². The highest BCUT2D eigenvalue weighted by Crippen LogP contribution is 2.56. The Bertz CT molecular complexity index is 970. The molecular formula is C27H38N2O6. The Labute approximate surface area is 207 Å². The third kappa shape index (κ3) is 7.01. The molecular weight excluding hydrogens is 448 g/mol. The Morgan fingerprint density at radius 3 is 2.43 bits per heavy atom. The van der Waals surface area contributed by atoms with Gasteiger partial charge in [-0.05, 0) is 60.3 Å². The van der Waals surface area contributed by atoms with Crippen LogP contribution >= 0.6 is 0 Å². The van der Waals surface area contributed by atoms with E-state index >= 15 is 0 Å². The van der Waals surface area contributed by atoms with Crippen molar-refractivity contribution in [3.8, 4) is 0 Å². The number of carbonyl (C=O) groups excluding carboxylic acids is 1. The van der Waals surface area contributed by atoms with Gasteiger partial charge in [-0.15, -0.1) is 0 Å². The van der Waals surface area contributed by atoms with Gasteiger partial charge in [-0.1, -0.05) is 51.4 Å². The first kappa shape index (κ1) is 28.2. The number of rotatable bonds is 8. The van der Waals surface area contributed by atoms with Crippen LogP contribution in [0.3, 0.4) is 0 Å². The molecule has 8 nitrogen and oxygen atoms in total. The number of oxime groups is 1. The summed E-state index contributed by atoms with van der Waals surface area (Å²) in [6.45, 7) is 10.1. The molecule has 3 atom stereocenters. The Balaban J connectivity index is 0.000000466. The van der Waals surface area contributed by atoms with E-state index < -0.39 is 11.9 Å². The molecule has 1 fully saturated rings. The number of Topliss-reactive ketones (excluding diaryl/α,β-unsaturated/α-hetero) is 1. The number of ketones is 1. The van der Waals surface area contributed by atoms with Gasteiger partial charge in [0.25, 0.3) is 0 Å². The zero-order valence-electron chi connectivity index (χ0n) is 21.1. The van der Waals surface area contributed by atoms with E-state index in [1.807, 2.05) is 6.21 Å². The molecule has 0 radical (unpaired) electrons. The standard InChI is InChI=1S/C23H34N2O2.C4H4O4/c1-16(2)17-7-8-19-18(13-17)20(26)14-21-22(3,9-5-10-23(19,21)4)15-25-27-12-6-11-24;5-3(6)1-2-4(7)8/h7-8,13,15-16,21H,5-6,9-12,14,24H2,1-4H3;1-2H,(H,5,6)(H,7,8)/b;2-1+/t21?,22-,23-;/m1./s1. The fraction of sp³-hybridized carbons (Fsp3) is 0.556. The predicted octanol–water partition coefficient (Wildman–Crippen LogP) is 4.52. The van der Waals surface area contributed by atoms with E-state index in [1.165, 1.54) is 11.1 Å². The average molecular weight is 487 g/mol. The molecule has 2 aliphatic carbocycles. The quantitative estimate of drug-likeness (QED) is 0.212. The van der Waals surface area contributed by atoms with Gasteiger partial charge in [0.05, 0.1) is 0 Å². The molecule has 0 aliphatic heterocycles. The van der Waals surface area contributed by atoms with Crippen LogP contribution in [0.4, 0.5) is 0 Å². The van der Waals surface area contributed by atoms with Gasteiger partial charge in [0.2, 0.25) is 0 Å². The van der Waals surface area contributed by atoms with Gasteiger partial charge >= 0.3 is 11.9 Å². The molecule has 3 rings (SSSR count). The fourth-order valence-electron chi connectivity index (χ4n) is 5.29. The first-order valence-electron chi connectivity index (χ1n) is 12.1. The van der Waals surface area contributed by atoms with Crippen molar-refractivity contribution in [3.05, 3.63) is 47.0 Å². The maximum atomic E-state index is 13.1. The van der Waals surface area contributed by atoms with Gasteiger partial charge in [0, 0.05) is 35.8 Å². The third-order valence-electron chi connectivity index (χ3n) is 7.22. The highest BCUT2D eigenvalue weighted by molar-refractivity contribution is 6.00. The highest BCUT2D eigenvalue weighted by atomic mass is 16.6. The van der Waals surface area contributed by atoms with Crippen LogP contribution in [-0.2, 0) is 19.8 Å². The normalized spacial score (nSPS) is 25.7. The van der Waals surface area contributed by atoms with Crippen molar-refractivity contribution in [3.63, 3.8) is 0 Å². The lowest BCUT2D eigenvalue weighted by atomic mass is 9.50. The van der Waals surface area contributed by atoms with E-state index in [4.69, 9.17) is 20.8 Å². The number of hydrogen-bond acceptors (Lipinski definition) is 6. The number of carbonyl (C=O) groups is 3. The summed E-state index contributed by atoms with van der Waals surface area (Å²) in [5.74, 6) is -1.55. The summed E-state index contributed by atoms with van der Waals surface area (Å²) in [4.78, 5) is 37.6. The molecule has 35 heavy (non-hydrogen) atoms. The van der Waals surface area contributed by atoms with Crippen LogP contribution in [0.1, 0.15) is 87.2 Å². The molecule has 0 bridgehead atoms. The number of hydrogen-bond donors (Lipinski definition) is 3. The van der Waals surface area contributed by atoms with Crippen LogP contribution < -0.4 is 5.73 Å². The van der Waals surface area contributed by atoms with Crippen molar-refractivity contribution >= 4 is 23.9 Å². The Hall–Kier alpha value is -3.00. The summed E-state index contributed by atoms with van der Waals surface area (Å²) in [6.07, 6.45) is 7.78. The maximum Gasteiger partial charge on any atom is 0.328 e. The van der Waals surface area contributed by atoms with Crippen LogP contribution in [0.25, 0.3) is 0 Å². The Morgan fingerprint density at radius 2 is 1.86 bits per heavy atom. The molecule has 1 aromatic carbocycles. The molecule has 8 heteroatoms. The molecule has 192 valence electrons. The number of carboxylic acids is 2. The SMILES string of the molecule is CC(C)c1ccc2c(c1)C(=O)CC1[C@@](C)(C=NOCCCN)CCC[C@]21C.O=C(O)/C=C/C(=O)O. The molecule has 0 spiro atoms. The molecule has 1 saturated carbocycles. The summed E-state index contributed by atoms with van der Waals surface area (Å²) in [7, 11) is 0. The van der Waals surface area contributed by atoms with Crippen molar-refractivity contribution in [2.24, 2.45) is 22.2 Å². The van der Waals surface area contributed by atoms with E-state index in [-0.39, 0.29) is 22.5 Å². The minimum absolute atomic E-state index is 0.00896. The maximum absolute atomic E-state index is 13.1. The minimum atomic E-state index is -1.26. The van der Waals surface area contributed by atoms with Crippen molar-refractivity contribution in [2.45, 2.75) is 71.1 Å². The number of aliphatic carboxylic acids is 2. The van der Waals surface area contributed by atoms with E-state index in [9.17, 15) is 14.4 Å². The molecule has 1 aromatic rings. The zero-order chi connectivity index (χ0) is 26.2. The lowest BCUT2D eigenvalue weighted by Crippen LogP contribution is -2.51. The molecule has 0 aromatic heterocycles. The molecule has 0 amide bonds. The number of nitrogens with zero attached hydrogens (tertiary/aromatic N) is 1. The number of nitrogens with two attached hydrogens (primary N) is 1. The predicted molar refractivity (Wildman–Crippen MR) is 135 cm³/mol. The first-order chi connectivity index (χ1) is 16.4. The van der Waals surface area contributed by atoms with Crippen molar-refractivity contribution < 1.29 is 29.4 Å². The van der Waals surface area contributed by atoms with Crippen LogP contribution in [-0.4, -0.2) is 47.3 Å². The summed E-state index contributed by atoms with van der Waals surface area (Å²) in [5.41, 5.74) is 8.81. The molecule has 0 saturated heterocycles. The number of fused-ring (bicyclic) bond motifs is 3. The summed E-state index contributed by atoms with van der Waals surface area (Å²) < 4.78 is 0. The Morgan fingerprint density at radius 1 is 1.20 bits per heavy atom. The first-order valence-corrected chi connectivity index (χ1v) is 12.1. The Kier molecular flexibility index (Phi) is 9.77. The topological polar surface area (TPSA) is 139 Å². The smallest absolute Gasteiger partial charge is 0.328 e. The molecule has 4 N–H and O–H groups in total. The van der Waals surface area contributed by atoms with Gasteiger partial charge in [0.1, 0.15) is 6.61 Å². The van der Waals surface area contributed by atoms with Gasteiger partial charge in [0.15, 0.2) is 5.78 Å². The van der Waals surface area contributed by atoms with Crippen molar-refractivity contribution in [1.82, 2.24) is 0 Å². The highest BCUT2D eigenvalue weighted by Gasteiger charge is 2.53. The average Bonchev–Trinajstić information content (AvgIpc) is 2.79. The number of benzene rings is 1. The molecule has 0 heterocycles. The lowest BCUT2D eigenvalue weighted by molar-refractivity contribution is -0.134. The van der Waals surface area contributed by atoms with Crippen LogP contribution in [0.2, 0.25) is 0 Å². The zero-order valence-corrected chi connectivity index (χ0v) is 21.1. The van der Waals surface area contributed by atoms with E-state index in [2.05, 4.69) is 51.0 Å². The molecule has 2 aliphatic rings. The third-order valence-corrected chi connectivity index (χ3v) is 7.22. The molecule has 1 unspecified atom stereocenters. The number of carboxylic acid groups (broad SMARTS) is 2. The van der Waals surface area contributed by atoms with Gasteiger partial charge in [-0.2, -0.15) is 0 Å². The van der Waals surface area contributed by atoms with Crippen LogP contribution in [0.15, 0.2) is 35.5 Å².